The summed E-state index contributed by atoms with van der Waals surface area (Å²) in [5.74, 6) is 0.877. The van der Waals surface area contributed by atoms with Gasteiger partial charge in [0.1, 0.15) is 0 Å². The Morgan fingerprint density at radius 3 is 2.69 bits per heavy atom. The number of hydrogen-bond acceptors (Lipinski definition) is 2. The third kappa shape index (κ3) is 4.10. The molecular formula is C11H24N2. The van der Waals surface area contributed by atoms with Crippen LogP contribution in [0.5, 0.6) is 0 Å². The zero-order valence-corrected chi connectivity index (χ0v) is 9.10. The van der Waals surface area contributed by atoms with Gasteiger partial charge in [-0.2, -0.15) is 0 Å². The van der Waals surface area contributed by atoms with E-state index < -0.39 is 0 Å². The van der Waals surface area contributed by atoms with Crippen LogP contribution in [-0.2, 0) is 0 Å². The minimum atomic E-state index is 0.731. The second-order valence-electron chi connectivity index (χ2n) is 4.13. The van der Waals surface area contributed by atoms with Gasteiger partial charge in [0.2, 0.25) is 0 Å². The van der Waals surface area contributed by atoms with Crippen LogP contribution in [0.3, 0.4) is 0 Å². The van der Waals surface area contributed by atoms with Gasteiger partial charge in [-0.25, -0.2) is 0 Å². The van der Waals surface area contributed by atoms with E-state index in [0.717, 1.165) is 12.0 Å². The van der Waals surface area contributed by atoms with Gasteiger partial charge in [0.05, 0.1) is 0 Å². The third-order valence-corrected chi connectivity index (χ3v) is 3.15. The van der Waals surface area contributed by atoms with Crippen LogP contribution in [0.2, 0.25) is 0 Å². The summed E-state index contributed by atoms with van der Waals surface area (Å²) >= 11 is 0. The molecule has 1 atom stereocenters. The van der Waals surface area contributed by atoms with Gasteiger partial charge in [0, 0.05) is 12.6 Å². The molecule has 0 aromatic heterocycles. The van der Waals surface area contributed by atoms with Gasteiger partial charge in [-0.1, -0.05) is 26.7 Å². The third-order valence-electron chi connectivity index (χ3n) is 3.15. The fourth-order valence-corrected chi connectivity index (χ4v) is 1.94. The Morgan fingerprint density at radius 1 is 1.38 bits per heavy atom. The SMILES string of the molecule is CCC(CC)CNC1CCCNC1. The van der Waals surface area contributed by atoms with Crippen molar-refractivity contribution in [3.8, 4) is 0 Å². The van der Waals surface area contributed by atoms with E-state index in [1.54, 1.807) is 0 Å². The van der Waals surface area contributed by atoms with E-state index in [9.17, 15) is 0 Å². The molecule has 0 saturated carbocycles. The van der Waals surface area contributed by atoms with E-state index >= 15 is 0 Å². The van der Waals surface area contributed by atoms with Crippen molar-refractivity contribution in [2.45, 2.75) is 45.6 Å². The molecule has 0 bridgehead atoms. The molecule has 1 heterocycles. The average Bonchev–Trinajstić information content (AvgIpc) is 2.21. The summed E-state index contributed by atoms with van der Waals surface area (Å²) < 4.78 is 0. The number of nitrogens with one attached hydrogen (secondary N) is 2. The summed E-state index contributed by atoms with van der Waals surface area (Å²) in [6.45, 7) is 8.16. The van der Waals surface area contributed by atoms with Crippen LogP contribution in [0, 0.1) is 5.92 Å². The highest BCUT2D eigenvalue weighted by molar-refractivity contribution is 4.75. The smallest absolute Gasteiger partial charge is 0.0193 e. The summed E-state index contributed by atoms with van der Waals surface area (Å²) in [4.78, 5) is 0. The van der Waals surface area contributed by atoms with Crippen molar-refractivity contribution in [1.29, 1.82) is 0 Å². The Bertz CT molecular complexity index is 115. The monoisotopic (exact) mass is 184 g/mol. The summed E-state index contributed by atoms with van der Waals surface area (Å²) in [6, 6.07) is 0.731. The first kappa shape index (κ1) is 11.0. The lowest BCUT2D eigenvalue weighted by Crippen LogP contribution is -2.44. The van der Waals surface area contributed by atoms with Crippen molar-refractivity contribution in [3.63, 3.8) is 0 Å². The highest BCUT2D eigenvalue weighted by Crippen LogP contribution is 2.07. The second-order valence-corrected chi connectivity index (χ2v) is 4.13. The molecule has 2 N–H and O–H groups in total. The van der Waals surface area contributed by atoms with Crippen molar-refractivity contribution in [2.75, 3.05) is 19.6 Å². The number of rotatable bonds is 5. The van der Waals surface area contributed by atoms with Crippen molar-refractivity contribution >= 4 is 0 Å². The maximum atomic E-state index is 3.66. The molecule has 78 valence electrons. The van der Waals surface area contributed by atoms with Gasteiger partial charge in [-0.15, -0.1) is 0 Å². The quantitative estimate of drug-likeness (QED) is 0.680. The maximum Gasteiger partial charge on any atom is 0.0193 e. The molecule has 2 nitrogen and oxygen atoms in total. The van der Waals surface area contributed by atoms with Crippen LogP contribution in [0.1, 0.15) is 39.5 Å². The zero-order chi connectivity index (χ0) is 9.52. The highest BCUT2D eigenvalue weighted by Gasteiger charge is 2.13. The summed E-state index contributed by atoms with van der Waals surface area (Å²) in [5.41, 5.74) is 0. The van der Waals surface area contributed by atoms with Crippen molar-refractivity contribution < 1.29 is 0 Å². The van der Waals surface area contributed by atoms with E-state index in [4.69, 9.17) is 0 Å². The Kier molecular flexibility index (Phi) is 5.40. The molecule has 2 heteroatoms. The maximum absolute atomic E-state index is 3.66. The first-order valence-electron chi connectivity index (χ1n) is 5.80. The molecule has 13 heavy (non-hydrogen) atoms. The minimum absolute atomic E-state index is 0.731. The summed E-state index contributed by atoms with van der Waals surface area (Å²) in [7, 11) is 0. The molecule has 0 amide bonds. The van der Waals surface area contributed by atoms with Crippen LogP contribution < -0.4 is 10.6 Å². The molecule has 0 radical (unpaired) electrons. The Morgan fingerprint density at radius 2 is 2.15 bits per heavy atom. The number of piperidine rings is 1. The first-order valence-corrected chi connectivity index (χ1v) is 5.80. The van der Waals surface area contributed by atoms with E-state index in [0.29, 0.717) is 0 Å². The predicted octanol–water partition coefficient (Wildman–Crippen LogP) is 1.76. The number of hydrogen-bond donors (Lipinski definition) is 2. The van der Waals surface area contributed by atoms with Crippen molar-refractivity contribution in [1.82, 2.24) is 10.6 Å². The van der Waals surface area contributed by atoms with Crippen molar-refractivity contribution in [3.05, 3.63) is 0 Å². The topological polar surface area (TPSA) is 24.1 Å². The lowest BCUT2D eigenvalue weighted by molar-refractivity contribution is 0.351. The van der Waals surface area contributed by atoms with Gasteiger partial charge >= 0.3 is 0 Å². The van der Waals surface area contributed by atoms with Gasteiger partial charge in [-0.05, 0) is 31.8 Å². The van der Waals surface area contributed by atoms with E-state index in [1.165, 1.54) is 45.3 Å². The molecule has 1 aliphatic rings. The molecule has 1 saturated heterocycles. The normalized spacial score (nSPS) is 23.8. The van der Waals surface area contributed by atoms with Gasteiger partial charge in [0.25, 0.3) is 0 Å². The van der Waals surface area contributed by atoms with E-state index in [-0.39, 0.29) is 0 Å². The molecule has 0 aromatic carbocycles. The second kappa shape index (κ2) is 6.39. The lowest BCUT2D eigenvalue weighted by atomic mass is 10.0. The summed E-state index contributed by atoms with van der Waals surface area (Å²) in [6.07, 6.45) is 5.31. The molecule has 1 rings (SSSR count). The first-order chi connectivity index (χ1) is 6.36. The summed E-state index contributed by atoms with van der Waals surface area (Å²) in [5, 5.41) is 7.09. The lowest BCUT2D eigenvalue weighted by Gasteiger charge is -2.25. The van der Waals surface area contributed by atoms with Crippen LogP contribution in [-0.4, -0.2) is 25.7 Å². The Labute approximate surface area is 82.5 Å². The largest absolute Gasteiger partial charge is 0.315 e. The van der Waals surface area contributed by atoms with Gasteiger partial charge < -0.3 is 10.6 Å². The van der Waals surface area contributed by atoms with E-state index in [1.807, 2.05) is 0 Å². The van der Waals surface area contributed by atoms with Gasteiger partial charge in [0.15, 0.2) is 0 Å². The van der Waals surface area contributed by atoms with Crippen molar-refractivity contribution in [2.24, 2.45) is 5.92 Å². The minimum Gasteiger partial charge on any atom is -0.315 e. The fraction of sp³-hybridized carbons (Fsp3) is 1.00. The van der Waals surface area contributed by atoms with Crippen LogP contribution in [0.15, 0.2) is 0 Å². The molecule has 1 aliphatic heterocycles. The van der Waals surface area contributed by atoms with Crippen LogP contribution in [0.25, 0.3) is 0 Å². The Hall–Kier alpha value is -0.0800. The zero-order valence-electron chi connectivity index (χ0n) is 9.10. The average molecular weight is 184 g/mol. The van der Waals surface area contributed by atoms with E-state index in [2.05, 4.69) is 24.5 Å². The van der Waals surface area contributed by atoms with Crippen LogP contribution >= 0.6 is 0 Å². The molecule has 0 aromatic rings. The molecular weight excluding hydrogens is 160 g/mol. The Balaban J connectivity index is 2.09. The molecule has 0 aliphatic carbocycles. The molecule has 0 spiro atoms. The van der Waals surface area contributed by atoms with Crippen LogP contribution in [0.4, 0.5) is 0 Å². The van der Waals surface area contributed by atoms with Gasteiger partial charge in [-0.3, -0.25) is 0 Å². The highest BCUT2D eigenvalue weighted by atomic mass is 15.0. The predicted molar refractivity (Wildman–Crippen MR) is 58.0 cm³/mol. The molecule has 1 fully saturated rings. The standard InChI is InChI=1S/C11H24N2/c1-3-10(4-2)8-13-11-6-5-7-12-9-11/h10-13H,3-9H2,1-2H3. The molecule has 1 unspecified atom stereocenters. The fourth-order valence-electron chi connectivity index (χ4n) is 1.94.